The summed E-state index contributed by atoms with van der Waals surface area (Å²) in [5.41, 5.74) is 8.56. The third-order valence-corrected chi connectivity index (χ3v) is 3.62. The molecule has 0 bridgehead atoms. The van der Waals surface area contributed by atoms with Crippen LogP contribution in [-0.2, 0) is 7.05 Å². The van der Waals surface area contributed by atoms with E-state index >= 15 is 0 Å². The molecule has 0 unspecified atom stereocenters. The lowest BCUT2D eigenvalue weighted by molar-refractivity contribution is 0.959. The number of nitrogens with two attached hydrogens (primary N) is 1. The van der Waals surface area contributed by atoms with Crippen molar-refractivity contribution >= 4 is 40.1 Å². The van der Waals surface area contributed by atoms with Gasteiger partial charge in [-0.1, -0.05) is 23.2 Å². The Morgan fingerprint density at radius 3 is 2.53 bits per heavy atom. The van der Waals surface area contributed by atoms with E-state index in [4.69, 9.17) is 28.9 Å². The van der Waals surface area contributed by atoms with Crippen LogP contribution < -0.4 is 5.73 Å². The van der Waals surface area contributed by atoms with Gasteiger partial charge in [-0.15, -0.1) is 0 Å². The van der Waals surface area contributed by atoms with Crippen molar-refractivity contribution in [2.45, 2.75) is 0 Å². The Labute approximate surface area is 119 Å². The molecule has 0 aliphatic rings. The van der Waals surface area contributed by atoms with Crippen molar-refractivity contribution in [3.05, 3.63) is 40.5 Å². The number of anilines is 1. The van der Waals surface area contributed by atoms with E-state index in [0.29, 0.717) is 21.4 Å². The summed E-state index contributed by atoms with van der Waals surface area (Å²) in [6, 6.07) is 7.34. The van der Waals surface area contributed by atoms with Gasteiger partial charge in [-0.2, -0.15) is 0 Å². The lowest BCUT2D eigenvalue weighted by Crippen LogP contribution is -1.94. The van der Waals surface area contributed by atoms with Crippen LogP contribution in [0.5, 0.6) is 0 Å². The minimum atomic E-state index is 0.379. The number of aromatic nitrogens is 3. The van der Waals surface area contributed by atoms with Gasteiger partial charge in [0.25, 0.3) is 0 Å². The largest absolute Gasteiger partial charge is 0.396 e. The van der Waals surface area contributed by atoms with Crippen molar-refractivity contribution in [1.29, 1.82) is 0 Å². The Morgan fingerprint density at radius 2 is 1.89 bits per heavy atom. The number of halogens is 2. The van der Waals surface area contributed by atoms with Gasteiger partial charge in [0.05, 0.1) is 21.2 Å². The lowest BCUT2D eigenvalue weighted by Gasteiger charge is -2.06. The number of hydrogen-bond donors (Lipinski definition) is 1. The summed E-state index contributed by atoms with van der Waals surface area (Å²) in [5.74, 6) is 0.748. The van der Waals surface area contributed by atoms with E-state index in [9.17, 15) is 0 Å². The smallest absolute Gasteiger partial charge is 0.178 e. The molecule has 0 aliphatic heterocycles. The molecule has 3 rings (SSSR count). The molecule has 3 aromatic rings. The summed E-state index contributed by atoms with van der Waals surface area (Å²) < 4.78 is 1.94. The zero-order chi connectivity index (χ0) is 13.6. The summed E-state index contributed by atoms with van der Waals surface area (Å²) in [6.07, 6.45) is 1.71. The number of aryl methyl sites for hydroxylation is 1. The number of pyridine rings is 1. The van der Waals surface area contributed by atoms with Crippen LogP contribution in [0.15, 0.2) is 30.5 Å². The average Bonchev–Trinajstić information content (AvgIpc) is 2.73. The Bertz CT molecular complexity index is 756. The summed E-state index contributed by atoms with van der Waals surface area (Å²) >= 11 is 12.1. The first-order chi connectivity index (χ1) is 9.08. The highest BCUT2D eigenvalue weighted by Gasteiger charge is 2.13. The normalized spacial score (nSPS) is 11.1. The summed E-state index contributed by atoms with van der Waals surface area (Å²) in [6.45, 7) is 0. The van der Waals surface area contributed by atoms with Gasteiger partial charge in [0, 0.05) is 18.8 Å². The number of benzene rings is 1. The molecule has 0 atom stereocenters. The molecule has 96 valence electrons. The van der Waals surface area contributed by atoms with E-state index in [2.05, 4.69) is 9.97 Å². The second kappa shape index (κ2) is 4.40. The minimum absolute atomic E-state index is 0.379. The molecule has 0 amide bonds. The standard InChI is InChI=1S/C13H10Cl2N4/c1-19-10-3-2-4-17-12(10)18-13(19)7-5-8(14)11(16)9(15)6-7/h2-6H,16H2,1H3. The highest BCUT2D eigenvalue weighted by atomic mass is 35.5. The second-order valence-corrected chi connectivity index (χ2v) is 5.01. The van der Waals surface area contributed by atoms with Gasteiger partial charge >= 0.3 is 0 Å². The molecule has 0 saturated heterocycles. The van der Waals surface area contributed by atoms with Gasteiger partial charge in [0.2, 0.25) is 0 Å². The molecule has 0 radical (unpaired) electrons. The van der Waals surface area contributed by atoms with Gasteiger partial charge in [0.1, 0.15) is 5.82 Å². The molecule has 0 aliphatic carbocycles. The van der Waals surface area contributed by atoms with Crippen molar-refractivity contribution in [3.8, 4) is 11.4 Å². The van der Waals surface area contributed by atoms with Crippen LogP contribution in [0.3, 0.4) is 0 Å². The average molecular weight is 293 g/mol. The zero-order valence-corrected chi connectivity index (χ0v) is 11.6. The maximum absolute atomic E-state index is 6.06. The molecule has 6 heteroatoms. The Hall–Kier alpha value is -1.78. The molecular formula is C13H10Cl2N4. The lowest BCUT2D eigenvalue weighted by atomic mass is 10.2. The van der Waals surface area contributed by atoms with Crippen LogP contribution in [-0.4, -0.2) is 14.5 Å². The Morgan fingerprint density at radius 1 is 1.21 bits per heavy atom. The molecule has 1 aromatic carbocycles. The summed E-state index contributed by atoms with van der Waals surface area (Å²) in [4.78, 5) is 8.72. The number of fused-ring (bicyclic) bond motifs is 1. The van der Waals surface area contributed by atoms with E-state index in [-0.39, 0.29) is 0 Å². The first-order valence-corrected chi connectivity index (χ1v) is 6.36. The van der Waals surface area contributed by atoms with Crippen molar-refractivity contribution in [1.82, 2.24) is 14.5 Å². The Balaban J connectivity index is 2.27. The topological polar surface area (TPSA) is 56.7 Å². The summed E-state index contributed by atoms with van der Waals surface area (Å²) in [5, 5.41) is 0.838. The fourth-order valence-corrected chi connectivity index (χ4v) is 2.48. The first kappa shape index (κ1) is 12.3. The fraction of sp³-hybridized carbons (Fsp3) is 0.0769. The third kappa shape index (κ3) is 1.93. The van der Waals surface area contributed by atoms with E-state index in [1.54, 1.807) is 18.3 Å². The van der Waals surface area contributed by atoms with Crippen molar-refractivity contribution in [3.63, 3.8) is 0 Å². The molecule has 2 heterocycles. The van der Waals surface area contributed by atoms with E-state index in [1.165, 1.54) is 0 Å². The van der Waals surface area contributed by atoms with Crippen LogP contribution in [0.2, 0.25) is 10.0 Å². The molecule has 19 heavy (non-hydrogen) atoms. The Kier molecular flexibility index (Phi) is 2.84. The quantitative estimate of drug-likeness (QED) is 0.698. The van der Waals surface area contributed by atoms with Crippen LogP contribution >= 0.6 is 23.2 Å². The van der Waals surface area contributed by atoms with Crippen molar-refractivity contribution in [2.24, 2.45) is 7.05 Å². The number of nitrogen functional groups attached to an aromatic ring is 1. The third-order valence-electron chi connectivity index (χ3n) is 2.99. The number of imidazole rings is 1. The number of hydrogen-bond acceptors (Lipinski definition) is 3. The second-order valence-electron chi connectivity index (χ2n) is 4.19. The van der Waals surface area contributed by atoms with Gasteiger partial charge in [0.15, 0.2) is 5.65 Å². The molecule has 0 spiro atoms. The van der Waals surface area contributed by atoms with Crippen LogP contribution in [0, 0.1) is 0 Å². The predicted molar refractivity (Wildman–Crippen MR) is 78.4 cm³/mol. The van der Waals surface area contributed by atoms with Crippen LogP contribution in [0.4, 0.5) is 5.69 Å². The molecule has 2 N–H and O–H groups in total. The van der Waals surface area contributed by atoms with Crippen molar-refractivity contribution < 1.29 is 0 Å². The molecule has 4 nitrogen and oxygen atoms in total. The van der Waals surface area contributed by atoms with E-state index in [1.807, 2.05) is 23.7 Å². The molecule has 0 fully saturated rings. The molecular weight excluding hydrogens is 283 g/mol. The van der Waals surface area contributed by atoms with Crippen molar-refractivity contribution in [2.75, 3.05) is 5.73 Å². The molecule has 0 saturated carbocycles. The molecule has 2 aromatic heterocycles. The number of rotatable bonds is 1. The highest BCUT2D eigenvalue weighted by Crippen LogP contribution is 2.33. The maximum Gasteiger partial charge on any atom is 0.178 e. The monoisotopic (exact) mass is 292 g/mol. The minimum Gasteiger partial charge on any atom is -0.396 e. The van der Waals surface area contributed by atoms with Gasteiger partial charge < -0.3 is 10.3 Å². The van der Waals surface area contributed by atoms with E-state index < -0.39 is 0 Å². The predicted octanol–water partition coefficient (Wildman–Crippen LogP) is 3.52. The fourth-order valence-electron chi connectivity index (χ4n) is 2.00. The maximum atomic E-state index is 6.06. The van der Waals surface area contributed by atoms with Crippen LogP contribution in [0.1, 0.15) is 0 Å². The highest BCUT2D eigenvalue weighted by molar-refractivity contribution is 6.39. The van der Waals surface area contributed by atoms with Gasteiger partial charge in [-0.3, -0.25) is 0 Å². The zero-order valence-electron chi connectivity index (χ0n) is 10.1. The first-order valence-electron chi connectivity index (χ1n) is 5.60. The summed E-state index contributed by atoms with van der Waals surface area (Å²) in [7, 11) is 1.92. The van der Waals surface area contributed by atoms with Gasteiger partial charge in [-0.25, -0.2) is 9.97 Å². The van der Waals surface area contributed by atoms with E-state index in [0.717, 1.165) is 16.9 Å². The van der Waals surface area contributed by atoms with Crippen LogP contribution in [0.25, 0.3) is 22.6 Å². The SMILES string of the molecule is Cn1c(-c2cc(Cl)c(N)c(Cl)c2)nc2ncccc21. The number of nitrogens with zero attached hydrogens (tertiary/aromatic N) is 3. The van der Waals surface area contributed by atoms with Gasteiger partial charge in [-0.05, 0) is 24.3 Å².